The summed E-state index contributed by atoms with van der Waals surface area (Å²) >= 11 is 0. The van der Waals surface area contributed by atoms with Crippen LogP contribution in [0.15, 0.2) is 0 Å². The molecule has 1 unspecified atom stereocenters. The van der Waals surface area contributed by atoms with Crippen molar-refractivity contribution in [3.63, 3.8) is 0 Å². The highest BCUT2D eigenvalue weighted by Crippen LogP contribution is 2.48. The summed E-state index contributed by atoms with van der Waals surface area (Å²) in [6.07, 6.45) is -8.15. The molecule has 0 aromatic heterocycles. The molecule has 14 heavy (non-hydrogen) atoms. The summed E-state index contributed by atoms with van der Waals surface area (Å²) < 4.78 is 79.3. The maximum atomic E-state index is 12.7. The molecule has 1 fully saturated rings. The van der Waals surface area contributed by atoms with Gasteiger partial charge >= 0.3 is 24.1 Å². The van der Waals surface area contributed by atoms with Gasteiger partial charge in [0.25, 0.3) is 0 Å². The molecule has 0 bridgehead atoms. The number of hydrogen-bond acceptors (Lipinski definition) is 3. The SMILES string of the molecule is O=C1OCC(F)(F)C(F)(C(F)(F)F)O1. The van der Waals surface area contributed by atoms with E-state index in [4.69, 9.17) is 0 Å². The first-order valence-corrected chi connectivity index (χ1v) is 3.09. The first-order valence-electron chi connectivity index (χ1n) is 3.09. The second-order valence-corrected chi connectivity index (χ2v) is 2.44. The van der Waals surface area contributed by atoms with Crippen LogP contribution in [0.25, 0.3) is 0 Å². The molecule has 1 heterocycles. The van der Waals surface area contributed by atoms with Crippen molar-refractivity contribution in [2.45, 2.75) is 18.0 Å². The molecule has 0 radical (unpaired) electrons. The fourth-order valence-corrected chi connectivity index (χ4v) is 0.727. The van der Waals surface area contributed by atoms with E-state index in [-0.39, 0.29) is 0 Å². The fraction of sp³-hybridized carbons (Fsp3) is 0.800. The van der Waals surface area contributed by atoms with Gasteiger partial charge in [-0.2, -0.15) is 26.3 Å². The van der Waals surface area contributed by atoms with E-state index < -0.39 is 30.7 Å². The van der Waals surface area contributed by atoms with Crippen molar-refractivity contribution < 1.29 is 40.6 Å². The Kier molecular flexibility index (Phi) is 2.09. The summed E-state index contributed by atoms with van der Waals surface area (Å²) in [6, 6.07) is 0. The van der Waals surface area contributed by atoms with Crippen molar-refractivity contribution in [2.75, 3.05) is 6.61 Å². The second-order valence-electron chi connectivity index (χ2n) is 2.44. The maximum Gasteiger partial charge on any atom is 0.511 e. The number of carbonyl (C=O) groups is 1. The molecule has 1 aliphatic rings. The topological polar surface area (TPSA) is 35.5 Å². The van der Waals surface area contributed by atoms with Crippen LogP contribution in [-0.2, 0) is 9.47 Å². The number of rotatable bonds is 0. The van der Waals surface area contributed by atoms with Gasteiger partial charge in [-0.1, -0.05) is 0 Å². The lowest BCUT2D eigenvalue weighted by Crippen LogP contribution is -2.63. The second kappa shape index (κ2) is 2.67. The minimum absolute atomic E-state index is 2.01. The van der Waals surface area contributed by atoms with Crippen LogP contribution in [0.2, 0.25) is 0 Å². The lowest BCUT2D eigenvalue weighted by molar-refractivity contribution is -0.404. The summed E-state index contributed by atoms with van der Waals surface area (Å²) in [5.41, 5.74) is 0. The Balaban J connectivity index is 3.08. The van der Waals surface area contributed by atoms with Crippen molar-refractivity contribution in [1.82, 2.24) is 0 Å². The molecule has 1 aliphatic heterocycles. The fourth-order valence-electron chi connectivity index (χ4n) is 0.727. The zero-order valence-electron chi connectivity index (χ0n) is 6.20. The molecule has 0 N–H and O–H groups in total. The van der Waals surface area contributed by atoms with Gasteiger partial charge in [0.2, 0.25) is 0 Å². The van der Waals surface area contributed by atoms with E-state index in [9.17, 15) is 31.1 Å². The van der Waals surface area contributed by atoms with Crippen molar-refractivity contribution in [3.05, 3.63) is 0 Å². The number of cyclic esters (lactones) is 2. The predicted octanol–water partition coefficient (Wildman–Crippen LogP) is 2.02. The molecule has 0 spiro atoms. The molecule has 0 amide bonds. The van der Waals surface area contributed by atoms with Gasteiger partial charge in [0.05, 0.1) is 0 Å². The summed E-state index contributed by atoms with van der Waals surface area (Å²) in [4.78, 5) is 10.1. The van der Waals surface area contributed by atoms with Gasteiger partial charge in [-0.05, 0) is 0 Å². The number of ether oxygens (including phenoxy) is 2. The van der Waals surface area contributed by atoms with Gasteiger partial charge in [-0.25, -0.2) is 4.79 Å². The Hall–Kier alpha value is -1.15. The zero-order chi connectivity index (χ0) is 11.2. The van der Waals surface area contributed by atoms with Crippen LogP contribution in [-0.4, -0.2) is 30.7 Å². The Morgan fingerprint density at radius 3 is 2.07 bits per heavy atom. The molecule has 3 nitrogen and oxygen atoms in total. The van der Waals surface area contributed by atoms with Crippen LogP contribution in [0.1, 0.15) is 0 Å². The van der Waals surface area contributed by atoms with Crippen molar-refractivity contribution in [1.29, 1.82) is 0 Å². The average Bonchev–Trinajstić information content (AvgIpc) is 1.96. The minimum Gasteiger partial charge on any atom is -0.427 e. The number of alkyl halides is 6. The van der Waals surface area contributed by atoms with Crippen LogP contribution in [0.5, 0.6) is 0 Å². The normalized spacial score (nSPS) is 32.0. The molecule has 1 atom stereocenters. The monoisotopic (exact) mass is 224 g/mol. The molecule has 0 aliphatic carbocycles. The maximum absolute atomic E-state index is 12.7. The Bertz CT molecular complexity index is 261. The summed E-state index contributed by atoms with van der Waals surface area (Å²) in [5, 5.41) is 0. The lowest BCUT2D eigenvalue weighted by atomic mass is 10.1. The molecular weight excluding hydrogens is 222 g/mol. The molecule has 82 valence electrons. The number of halogens is 6. The van der Waals surface area contributed by atoms with Gasteiger partial charge < -0.3 is 9.47 Å². The van der Waals surface area contributed by atoms with E-state index >= 15 is 0 Å². The number of hydrogen-bond donors (Lipinski definition) is 0. The number of carbonyl (C=O) groups excluding carboxylic acids is 1. The zero-order valence-corrected chi connectivity index (χ0v) is 6.20. The van der Waals surface area contributed by atoms with E-state index in [0.29, 0.717) is 0 Å². The highest BCUT2D eigenvalue weighted by molar-refractivity contribution is 5.61. The van der Waals surface area contributed by atoms with Crippen LogP contribution in [0.4, 0.5) is 31.1 Å². The van der Waals surface area contributed by atoms with Crippen molar-refractivity contribution in [2.24, 2.45) is 0 Å². The van der Waals surface area contributed by atoms with Gasteiger partial charge in [-0.3, -0.25) is 0 Å². The van der Waals surface area contributed by atoms with Crippen molar-refractivity contribution in [3.8, 4) is 0 Å². The third kappa shape index (κ3) is 1.36. The van der Waals surface area contributed by atoms with Crippen LogP contribution < -0.4 is 0 Å². The van der Waals surface area contributed by atoms with Crippen LogP contribution >= 0.6 is 0 Å². The first kappa shape index (κ1) is 10.9. The smallest absolute Gasteiger partial charge is 0.427 e. The highest BCUT2D eigenvalue weighted by Gasteiger charge is 2.77. The summed E-state index contributed by atoms with van der Waals surface area (Å²) in [6.45, 7) is -2.01. The van der Waals surface area contributed by atoms with Crippen molar-refractivity contribution >= 4 is 6.16 Å². The molecule has 1 rings (SSSR count). The molecule has 1 saturated heterocycles. The van der Waals surface area contributed by atoms with Gasteiger partial charge in [-0.15, -0.1) is 0 Å². The Labute approximate surface area is 72.6 Å². The quantitative estimate of drug-likeness (QED) is 0.466. The Morgan fingerprint density at radius 2 is 1.71 bits per heavy atom. The lowest BCUT2D eigenvalue weighted by Gasteiger charge is -2.36. The predicted molar refractivity (Wildman–Crippen MR) is 27.3 cm³/mol. The van der Waals surface area contributed by atoms with Crippen LogP contribution in [0.3, 0.4) is 0 Å². The van der Waals surface area contributed by atoms with Gasteiger partial charge in [0.15, 0.2) is 6.61 Å². The van der Waals surface area contributed by atoms with Gasteiger partial charge in [0.1, 0.15) is 0 Å². The minimum atomic E-state index is -6.02. The largest absolute Gasteiger partial charge is 0.511 e. The molecule has 0 aromatic rings. The summed E-state index contributed by atoms with van der Waals surface area (Å²) in [5.74, 6) is -10.3. The standard InChI is InChI=1S/C5H2F6O3/c6-3(7)1-13-2(12)14-4(3,8)5(9,10)11/h1H2. The van der Waals surface area contributed by atoms with Crippen LogP contribution in [0, 0.1) is 0 Å². The third-order valence-electron chi connectivity index (χ3n) is 1.43. The van der Waals surface area contributed by atoms with E-state index in [1.165, 1.54) is 0 Å². The molecule has 0 aromatic carbocycles. The average molecular weight is 224 g/mol. The van der Waals surface area contributed by atoms with Gasteiger partial charge in [0, 0.05) is 0 Å². The highest BCUT2D eigenvalue weighted by atomic mass is 19.4. The molecular formula is C5H2F6O3. The molecule has 0 saturated carbocycles. The van der Waals surface area contributed by atoms with E-state index in [1.54, 1.807) is 0 Å². The molecule has 9 heteroatoms. The van der Waals surface area contributed by atoms with E-state index in [0.717, 1.165) is 0 Å². The Morgan fingerprint density at radius 1 is 1.21 bits per heavy atom. The summed E-state index contributed by atoms with van der Waals surface area (Å²) in [7, 11) is 0. The third-order valence-corrected chi connectivity index (χ3v) is 1.43. The van der Waals surface area contributed by atoms with E-state index in [1.807, 2.05) is 0 Å². The first-order chi connectivity index (χ1) is 6.10. The van der Waals surface area contributed by atoms with E-state index in [2.05, 4.69) is 9.47 Å².